The van der Waals surface area contributed by atoms with Gasteiger partial charge in [-0.3, -0.25) is 14.5 Å². The largest absolute Gasteiger partial charge is 0.345 e. The van der Waals surface area contributed by atoms with Crippen LogP contribution in [-0.2, 0) is 16.1 Å². The number of nitrogens with zero attached hydrogens (tertiary/aromatic N) is 3. The molecular weight excluding hydrogens is 322 g/mol. The lowest BCUT2D eigenvalue weighted by Crippen LogP contribution is -2.45. The molecule has 1 atom stereocenters. The Hall–Kier alpha value is -1.40. The highest BCUT2D eigenvalue weighted by Crippen LogP contribution is 2.35. The third-order valence-corrected chi connectivity index (χ3v) is 5.92. The normalized spacial score (nSPS) is 25.8. The predicted octanol–water partition coefficient (Wildman–Crippen LogP) is 1.90. The molecule has 3 heterocycles. The lowest BCUT2D eigenvalue weighted by molar-refractivity contribution is -0.135. The monoisotopic (exact) mass is 349 g/mol. The number of amides is 2. The SMILES string of the molecule is CC(C)C(=O)N1CCN(Cc2cccs2)C[C@@]2(CC(=O)N(C)C2)C1. The van der Waals surface area contributed by atoms with E-state index in [1.807, 2.05) is 30.7 Å². The van der Waals surface area contributed by atoms with Gasteiger partial charge in [-0.25, -0.2) is 0 Å². The second-order valence-electron chi connectivity index (χ2n) is 7.63. The van der Waals surface area contributed by atoms with Crippen molar-refractivity contribution in [2.45, 2.75) is 26.8 Å². The Morgan fingerprint density at radius 2 is 2.08 bits per heavy atom. The summed E-state index contributed by atoms with van der Waals surface area (Å²) in [5.74, 6) is 0.403. The predicted molar refractivity (Wildman–Crippen MR) is 95.7 cm³/mol. The van der Waals surface area contributed by atoms with E-state index in [0.29, 0.717) is 13.0 Å². The summed E-state index contributed by atoms with van der Waals surface area (Å²) in [4.78, 5) is 32.4. The summed E-state index contributed by atoms with van der Waals surface area (Å²) in [6, 6.07) is 4.24. The fourth-order valence-electron chi connectivity index (χ4n) is 3.98. The number of likely N-dealkylation sites (tertiary alicyclic amines) is 1. The van der Waals surface area contributed by atoms with Gasteiger partial charge in [0.15, 0.2) is 0 Å². The van der Waals surface area contributed by atoms with Crippen LogP contribution in [0.25, 0.3) is 0 Å². The number of hydrogen-bond donors (Lipinski definition) is 0. The molecule has 1 aromatic heterocycles. The topological polar surface area (TPSA) is 43.9 Å². The molecule has 2 amide bonds. The highest BCUT2D eigenvalue weighted by atomic mass is 32.1. The summed E-state index contributed by atoms with van der Waals surface area (Å²) >= 11 is 1.77. The second-order valence-corrected chi connectivity index (χ2v) is 8.66. The van der Waals surface area contributed by atoms with Crippen LogP contribution in [0.15, 0.2) is 17.5 Å². The summed E-state index contributed by atoms with van der Waals surface area (Å²) in [5.41, 5.74) is -0.135. The quantitative estimate of drug-likeness (QED) is 0.837. The van der Waals surface area contributed by atoms with E-state index in [1.165, 1.54) is 4.88 Å². The van der Waals surface area contributed by atoms with E-state index in [1.54, 1.807) is 11.3 Å². The van der Waals surface area contributed by atoms with Gasteiger partial charge in [0.05, 0.1) is 0 Å². The molecule has 1 spiro atoms. The molecule has 0 bridgehead atoms. The van der Waals surface area contributed by atoms with Gasteiger partial charge in [0.1, 0.15) is 0 Å². The molecule has 2 fully saturated rings. The Bertz CT molecular complexity index is 601. The van der Waals surface area contributed by atoms with Crippen LogP contribution in [0, 0.1) is 11.3 Å². The van der Waals surface area contributed by atoms with Crippen molar-refractivity contribution in [3.05, 3.63) is 22.4 Å². The first-order valence-corrected chi connectivity index (χ1v) is 9.54. The maximum absolute atomic E-state index is 12.6. The van der Waals surface area contributed by atoms with Crippen molar-refractivity contribution in [1.82, 2.24) is 14.7 Å². The van der Waals surface area contributed by atoms with Crippen molar-refractivity contribution in [1.29, 1.82) is 0 Å². The first-order valence-electron chi connectivity index (χ1n) is 8.66. The Kier molecular flexibility index (Phi) is 4.97. The minimum Gasteiger partial charge on any atom is -0.345 e. The standard InChI is InChI=1S/C18H27N3O2S/c1-14(2)17(23)21-7-6-20(10-15-5-4-8-24-15)12-18(13-21)9-16(22)19(3)11-18/h4-5,8,14H,6-7,9-13H2,1-3H3/t18-/m0/s1. The summed E-state index contributed by atoms with van der Waals surface area (Å²) in [7, 11) is 1.88. The van der Waals surface area contributed by atoms with Gasteiger partial charge in [-0.15, -0.1) is 11.3 Å². The van der Waals surface area contributed by atoms with Gasteiger partial charge >= 0.3 is 0 Å². The average molecular weight is 350 g/mol. The van der Waals surface area contributed by atoms with Crippen molar-refractivity contribution in [2.75, 3.05) is 39.8 Å². The summed E-state index contributed by atoms with van der Waals surface area (Å²) in [5, 5.41) is 2.10. The van der Waals surface area contributed by atoms with Crippen molar-refractivity contribution in [3.8, 4) is 0 Å². The minimum absolute atomic E-state index is 0.000676. The van der Waals surface area contributed by atoms with E-state index in [9.17, 15) is 9.59 Å². The van der Waals surface area contributed by atoms with E-state index in [-0.39, 0.29) is 23.1 Å². The van der Waals surface area contributed by atoms with Gasteiger partial charge in [0.25, 0.3) is 0 Å². The summed E-state index contributed by atoms with van der Waals surface area (Å²) in [6.45, 7) is 8.75. The van der Waals surface area contributed by atoms with E-state index in [0.717, 1.165) is 32.7 Å². The molecule has 3 rings (SSSR count). The zero-order chi connectivity index (χ0) is 17.3. The van der Waals surface area contributed by atoms with Crippen LogP contribution in [0.2, 0.25) is 0 Å². The molecule has 0 saturated carbocycles. The van der Waals surface area contributed by atoms with Gasteiger partial charge in [-0.05, 0) is 11.4 Å². The van der Waals surface area contributed by atoms with Crippen LogP contribution in [0.4, 0.5) is 0 Å². The van der Waals surface area contributed by atoms with Gasteiger partial charge in [-0.1, -0.05) is 19.9 Å². The molecule has 0 N–H and O–H groups in total. The third-order valence-electron chi connectivity index (χ3n) is 5.06. The van der Waals surface area contributed by atoms with E-state index >= 15 is 0 Å². The number of hydrogen-bond acceptors (Lipinski definition) is 4. The fourth-order valence-corrected chi connectivity index (χ4v) is 4.72. The lowest BCUT2D eigenvalue weighted by Gasteiger charge is -2.33. The maximum Gasteiger partial charge on any atom is 0.225 e. The fraction of sp³-hybridized carbons (Fsp3) is 0.667. The lowest BCUT2D eigenvalue weighted by atomic mass is 9.85. The summed E-state index contributed by atoms with van der Waals surface area (Å²) < 4.78 is 0. The van der Waals surface area contributed by atoms with Crippen LogP contribution >= 0.6 is 11.3 Å². The molecule has 132 valence electrons. The Balaban J connectivity index is 1.81. The molecule has 1 aromatic rings. The smallest absolute Gasteiger partial charge is 0.225 e. The zero-order valence-electron chi connectivity index (χ0n) is 14.8. The number of rotatable bonds is 3. The van der Waals surface area contributed by atoms with E-state index in [2.05, 4.69) is 22.4 Å². The highest BCUT2D eigenvalue weighted by Gasteiger charge is 2.46. The zero-order valence-corrected chi connectivity index (χ0v) is 15.6. The summed E-state index contributed by atoms with van der Waals surface area (Å²) in [6.07, 6.45) is 0.548. The number of carbonyl (C=O) groups is 2. The van der Waals surface area contributed by atoms with Crippen molar-refractivity contribution in [3.63, 3.8) is 0 Å². The van der Waals surface area contributed by atoms with Gasteiger partial charge in [0.2, 0.25) is 11.8 Å². The molecule has 0 aromatic carbocycles. The minimum atomic E-state index is -0.135. The molecule has 0 unspecified atom stereocenters. The first kappa shape index (κ1) is 17.4. The van der Waals surface area contributed by atoms with Crippen molar-refractivity contribution >= 4 is 23.2 Å². The number of thiophene rings is 1. The average Bonchev–Trinajstić information content (AvgIpc) is 3.06. The number of carbonyl (C=O) groups excluding carboxylic acids is 2. The first-order chi connectivity index (χ1) is 11.4. The second kappa shape index (κ2) is 6.84. The van der Waals surface area contributed by atoms with Crippen LogP contribution in [0.1, 0.15) is 25.1 Å². The van der Waals surface area contributed by atoms with Crippen LogP contribution < -0.4 is 0 Å². The Labute approximate surface area is 148 Å². The molecule has 2 aliphatic heterocycles. The maximum atomic E-state index is 12.6. The highest BCUT2D eigenvalue weighted by molar-refractivity contribution is 7.09. The van der Waals surface area contributed by atoms with E-state index in [4.69, 9.17) is 0 Å². The van der Waals surface area contributed by atoms with Gasteiger partial charge in [-0.2, -0.15) is 0 Å². The molecule has 2 aliphatic rings. The Morgan fingerprint density at radius 1 is 1.29 bits per heavy atom. The molecule has 0 aliphatic carbocycles. The van der Waals surface area contributed by atoms with E-state index < -0.39 is 0 Å². The molecule has 2 saturated heterocycles. The molecule has 6 heteroatoms. The molecular formula is C18H27N3O2S. The van der Waals surface area contributed by atoms with Crippen molar-refractivity contribution < 1.29 is 9.59 Å². The molecule has 24 heavy (non-hydrogen) atoms. The molecule has 0 radical (unpaired) electrons. The van der Waals surface area contributed by atoms with Crippen LogP contribution in [-0.4, -0.2) is 66.3 Å². The Morgan fingerprint density at radius 3 is 2.67 bits per heavy atom. The van der Waals surface area contributed by atoms with Gasteiger partial charge in [0, 0.05) is 68.9 Å². The van der Waals surface area contributed by atoms with Crippen LogP contribution in [0.5, 0.6) is 0 Å². The van der Waals surface area contributed by atoms with Crippen LogP contribution in [0.3, 0.4) is 0 Å². The third kappa shape index (κ3) is 3.64. The van der Waals surface area contributed by atoms with Crippen molar-refractivity contribution in [2.24, 2.45) is 11.3 Å². The molecule has 5 nitrogen and oxygen atoms in total. The van der Waals surface area contributed by atoms with Gasteiger partial charge < -0.3 is 9.80 Å².